The molecular formula is C18H19Cl2N3O2. The minimum Gasteiger partial charge on any atom is -0.354 e. The normalized spacial score (nSPS) is 10.2. The fraction of sp³-hybridized carbons (Fsp3) is 0.222. The second kappa shape index (κ2) is 9.30. The molecule has 0 bridgehead atoms. The third-order valence-corrected chi connectivity index (χ3v) is 3.78. The average molecular weight is 380 g/mol. The highest BCUT2D eigenvalue weighted by molar-refractivity contribution is 6.34. The highest BCUT2D eigenvalue weighted by atomic mass is 35.5. The number of urea groups is 1. The van der Waals surface area contributed by atoms with Crippen molar-refractivity contribution in [2.75, 3.05) is 18.4 Å². The molecule has 0 heterocycles. The van der Waals surface area contributed by atoms with Crippen molar-refractivity contribution < 1.29 is 9.59 Å². The molecule has 0 saturated carbocycles. The van der Waals surface area contributed by atoms with E-state index < -0.39 is 6.03 Å². The summed E-state index contributed by atoms with van der Waals surface area (Å²) in [4.78, 5) is 23.5. The highest BCUT2D eigenvalue weighted by Gasteiger charge is 2.06. The van der Waals surface area contributed by atoms with Gasteiger partial charge in [-0.25, -0.2) is 4.79 Å². The van der Waals surface area contributed by atoms with E-state index >= 15 is 0 Å². The van der Waals surface area contributed by atoms with E-state index in [1.165, 1.54) is 0 Å². The first kappa shape index (κ1) is 19.1. The van der Waals surface area contributed by atoms with Crippen molar-refractivity contribution in [3.63, 3.8) is 0 Å². The Bertz CT molecular complexity index is 745. The molecule has 2 rings (SSSR count). The molecule has 0 aliphatic rings. The second-order valence-electron chi connectivity index (χ2n) is 5.55. The number of hydrogen-bond acceptors (Lipinski definition) is 2. The molecule has 2 aromatic carbocycles. The van der Waals surface area contributed by atoms with Gasteiger partial charge in [0.2, 0.25) is 5.91 Å². The van der Waals surface area contributed by atoms with E-state index in [1.807, 2.05) is 25.1 Å². The lowest BCUT2D eigenvalue weighted by Gasteiger charge is -2.09. The second-order valence-corrected chi connectivity index (χ2v) is 6.43. The van der Waals surface area contributed by atoms with Gasteiger partial charge in [-0.2, -0.15) is 0 Å². The Balaban J connectivity index is 1.69. The van der Waals surface area contributed by atoms with Crippen LogP contribution in [0.4, 0.5) is 10.5 Å². The van der Waals surface area contributed by atoms with Gasteiger partial charge in [0.25, 0.3) is 0 Å². The molecule has 0 radical (unpaired) electrons. The molecule has 0 aliphatic carbocycles. The van der Waals surface area contributed by atoms with Gasteiger partial charge in [-0.15, -0.1) is 0 Å². The van der Waals surface area contributed by atoms with Gasteiger partial charge in [-0.3, -0.25) is 4.79 Å². The van der Waals surface area contributed by atoms with Crippen molar-refractivity contribution in [3.8, 4) is 0 Å². The quantitative estimate of drug-likeness (QED) is 0.714. The number of carbonyl (C=O) groups excluding carboxylic acids is 2. The van der Waals surface area contributed by atoms with Crippen LogP contribution in [0.2, 0.25) is 10.0 Å². The van der Waals surface area contributed by atoms with Crippen LogP contribution in [0, 0.1) is 6.92 Å². The van der Waals surface area contributed by atoms with Gasteiger partial charge in [-0.05, 0) is 54.8 Å². The van der Waals surface area contributed by atoms with Crippen molar-refractivity contribution >= 4 is 40.8 Å². The first-order chi connectivity index (χ1) is 11.9. The summed E-state index contributed by atoms with van der Waals surface area (Å²) in [5.41, 5.74) is 2.65. The smallest absolute Gasteiger partial charge is 0.319 e. The monoisotopic (exact) mass is 379 g/mol. The topological polar surface area (TPSA) is 70.2 Å². The van der Waals surface area contributed by atoms with E-state index in [0.29, 0.717) is 28.7 Å². The lowest BCUT2D eigenvalue weighted by molar-refractivity contribution is -0.120. The Morgan fingerprint density at radius 1 is 1.00 bits per heavy atom. The van der Waals surface area contributed by atoms with Crippen molar-refractivity contribution in [1.29, 1.82) is 0 Å². The molecule has 0 saturated heterocycles. The number of halogens is 2. The molecule has 3 amide bonds. The molecule has 7 heteroatoms. The van der Waals surface area contributed by atoms with Crippen LogP contribution in [0.3, 0.4) is 0 Å². The maximum absolute atomic E-state index is 11.8. The fourth-order valence-corrected chi connectivity index (χ4v) is 2.79. The van der Waals surface area contributed by atoms with Crippen molar-refractivity contribution in [2.45, 2.75) is 13.3 Å². The number of nitrogens with one attached hydrogen (secondary N) is 3. The lowest BCUT2D eigenvalue weighted by atomic mass is 10.1. The fourth-order valence-electron chi connectivity index (χ4n) is 2.22. The Morgan fingerprint density at radius 3 is 2.40 bits per heavy atom. The molecule has 3 N–H and O–H groups in total. The number of anilines is 1. The molecule has 0 fully saturated rings. The minimum atomic E-state index is -0.428. The molecule has 0 aliphatic heterocycles. The van der Waals surface area contributed by atoms with Gasteiger partial charge in [0.05, 0.1) is 6.54 Å². The summed E-state index contributed by atoms with van der Waals surface area (Å²) in [6.07, 6.45) is 0.599. The SMILES string of the molecule is Cc1cccc(NC(=O)NCC(=O)NCCc2cc(Cl)cc(Cl)c2)c1. The predicted octanol–water partition coefficient (Wildman–Crippen LogP) is 3.78. The van der Waals surface area contributed by atoms with Crippen LogP contribution in [0.15, 0.2) is 42.5 Å². The zero-order chi connectivity index (χ0) is 18.2. The molecular weight excluding hydrogens is 361 g/mol. The van der Waals surface area contributed by atoms with Crippen LogP contribution < -0.4 is 16.0 Å². The number of benzene rings is 2. The summed E-state index contributed by atoms with van der Waals surface area (Å²) in [6, 6.07) is 12.2. The summed E-state index contributed by atoms with van der Waals surface area (Å²) in [7, 11) is 0. The van der Waals surface area contributed by atoms with E-state index in [9.17, 15) is 9.59 Å². The number of hydrogen-bond donors (Lipinski definition) is 3. The molecule has 132 valence electrons. The van der Waals surface area contributed by atoms with Crippen molar-refractivity contribution in [2.24, 2.45) is 0 Å². The summed E-state index contributed by atoms with van der Waals surface area (Å²) in [5.74, 6) is -0.271. The van der Waals surface area contributed by atoms with E-state index in [1.54, 1.807) is 24.3 Å². The van der Waals surface area contributed by atoms with E-state index in [4.69, 9.17) is 23.2 Å². The van der Waals surface area contributed by atoms with Gasteiger partial charge in [-0.1, -0.05) is 35.3 Å². The molecule has 2 aromatic rings. The van der Waals surface area contributed by atoms with Gasteiger partial charge in [0.15, 0.2) is 0 Å². The largest absolute Gasteiger partial charge is 0.354 e. The van der Waals surface area contributed by atoms with E-state index in [0.717, 1.165) is 11.1 Å². The Morgan fingerprint density at radius 2 is 1.72 bits per heavy atom. The lowest BCUT2D eigenvalue weighted by Crippen LogP contribution is -2.39. The molecule has 5 nitrogen and oxygen atoms in total. The van der Waals surface area contributed by atoms with Gasteiger partial charge >= 0.3 is 6.03 Å². The van der Waals surface area contributed by atoms with Crippen LogP contribution in [0.5, 0.6) is 0 Å². The number of carbonyl (C=O) groups is 2. The zero-order valence-corrected chi connectivity index (χ0v) is 15.2. The Hall–Kier alpha value is -2.24. The third-order valence-electron chi connectivity index (χ3n) is 3.34. The standard InChI is InChI=1S/C18H19Cl2N3O2/c1-12-3-2-4-16(7-12)23-18(25)22-11-17(24)21-6-5-13-8-14(19)10-15(20)9-13/h2-4,7-10H,5-6,11H2,1H3,(H,21,24)(H2,22,23,25). The molecule has 0 spiro atoms. The van der Waals surface area contributed by atoms with Crippen molar-refractivity contribution in [3.05, 3.63) is 63.6 Å². The van der Waals surface area contributed by atoms with Gasteiger partial charge < -0.3 is 16.0 Å². The summed E-state index contributed by atoms with van der Waals surface area (Å²) >= 11 is 11.9. The molecule has 0 atom stereocenters. The number of amides is 3. The van der Waals surface area contributed by atoms with Crippen LogP contribution in [-0.2, 0) is 11.2 Å². The highest BCUT2D eigenvalue weighted by Crippen LogP contribution is 2.19. The van der Waals surface area contributed by atoms with E-state index in [2.05, 4.69) is 16.0 Å². The molecule has 0 unspecified atom stereocenters. The Kier molecular flexibility index (Phi) is 7.10. The number of rotatable bonds is 6. The summed E-state index contributed by atoms with van der Waals surface area (Å²) in [6.45, 7) is 2.26. The van der Waals surface area contributed by atoms with Gasteiger partial charge in [0.1, 0.15) is 0 Å². The summed E-state index contributed by atoms with van der Waals surface area (Å²) in [5, 5.41) is 9.03. The first-order valence-electron chi connectivity index (χ1n) is 7.75. The first-order valence-corrected chi connectivity index (χ1v) is 8.51. The van der Waals surface area contributed by atoms with Gasteiger partial charge in [0, 0.05) is 22.3 Å². The molecule has 0 aromatic heterocycles. The van der Waals surface area contributed by atoms with Crippen molar-refractivity contribution in [1.82, 2.24) is 10.6 Å². The van der Waals surface area contributed by atoms with E-state index in [-0.39, 0.29) is 12.5 Å². The third kappa shape index (κ3) is 7.03. The minimum absolute atomic E-state index is 0.103. The summed E-state index contributed by atoms with van der Waals surface area (Å²) < 4.78 is 0. The van der Waals surface area contributed by atoms with Crippen LogP contribution in [-0.4, -0.2) is 25.0 Å². The van der Waals surface area contributed by atoms with Crippen LogP contribution in [0.25, 0.3) is 0 Å². The molecule has 25 heavy (non-hydrogen) atoms. The maximum Gasteiger partial charge on any atom is 0.319 e. The number of aryl methyl sites for hydroxylation is 1. The zero-order valence-electron chi connectivity index (χ0n) is 13.7. The average Bonchev–Trinajstić information content (AvgIpc) is 2.52. The van der Waals surface area contributed by atoms with Crippen LogP contribution >= 0.6 is 23.2 Å². The van der Waals surface area contributed by atoms with Crippen LogP contribution in [0.1, 0.15) is 11.1 Å². The maximum atomic E-state index is 11.8. The Labute approximate surface area is 156 Å². The predicted molar refractivity (Wildman–Crippen MR) is 101 cm³/mol.